The first-order valence-corrected chi connectivity index (χ1v) is 11.9. The van der Waals surface area contributed by atoms with E-state index in [1.165, 1.54) is 12.8 Å². The van der Waals surface area contributed by atoms with Crippen LogP contribution in [-0.4, -0.2) is 27.0 Å². The fourth-order valence-electron chi connectivity index (χ4n) is 4.21. The largest absolute Gasteiger partial charge is 0.755 e. The number of pyridine rings is 1. The van der Waals surface area contributed by atoms with Gasteiger partial charge < -0.3 is 18.7 Å². The van der Waals surface area contributed by atoms with Gasteiger partial charge in [0, 0.05) is 34.8 Å². The molecule has 1 N–H and O–H groups in total. The zero-order chi connectivity index (χ0) is 22.3. The third-order valence-electron chi connectivity index (χ3n) is 5.83. The number of hydrogen-bond donors (Lipinski definition) is 1. The molecule has 0 spiro atoms. The summed E-state index contributed by atoms with van der Waals surface area (Å²) < 4.78 is 36.6. The Morgan fingerprint density at radius 1 is 1.06 bits per heavy atom. The molecule has 0 amide bonds. The molecule has 0 radical (unpaired) electrons. The molecule has 6 nitrogen and oxygen atoms in total. The van der Waals surface area contributed by atoms with Crippen molar-refractivity contribution in [1.29, 1.82) is 0 Å². The van der Waals surface area contributed by atoms with Gasteiger partial charge in [0.1, 0.15) is 0 Å². The van der Waals surface area contributed by atoms with E-state index in [-0.39, 0.29) is 6.10 Å². The van der Waals surface area contributed by atoms with E-state index in [0.29, 0.717) is 5.69 Å². The first-order chi connectivity index (χ1) is 15.6. The highest BCUT2D eigenvalue weighted by molar-refractivity contribution is 7.80. The van der Waals surface area contributed by atoms with Crippen molar-refractivity contribution >= 4 is 17.0 Å². The third kappa shape index (κ3) is 5.47. The SMILES string of the molecule is COc1ccc(CCc2ccncc2-c2ccccc2NS(=O)[O-])cc1OC1CCCC1. The number of anilines is 1. The topological polar surface area (TPSA) is 83.5 Å². The number of aryl methyl sites for hydroxylation is 2. The van der Waals surface area contributed by atoms with Crippen LogP contribution in [0.2, 0.25) is 0 Å². The van der Waals surface area contributed by atoms with Crippen LogP contribution in [-0.2, 0) is 24.1 Å². The van der Waals surface area contributed by atoms with E-state index in [2.05, 4.69) is 21.8 Å². The molecule has 1 unspecified atom stereocenters. The van der Waals surface area contributed by atoms with E-state index >= 15 is 0 Å². The van der Waals surface area contributed by atoms with Crippen LogP contribution in [0.15, 0.2) is 60.9 Å². The molecular weight excluding hydrogens is 424 g/mol. The highest BCUT2D eigenvalue weighted by Gasteiger charge is 2.19. The van der Waals surface area contributed by atoms with Crippen molar-refractivity contribution < 1.29 is 18.2 Å². The summed E-state index contributed by atoms with van der Waals surface area (Å²) in [6.07, 6.45) is 10.0. The highest BCUT2D eigenvalue weighted by atomic mass is 32.2. The minimum Gasteiger partial charge on any atom is -0.755 e. The lowest BCUT2D eigenvalue weighted by Crippen LogP contribution is -2.11. The molecule has 0 bridgehead atoms. The Balaban J connectivity index is 1.55. The van der Waals surface area contributed by atoms with Gasteiger partial charge in [0.15, 0.2) is 11.5 Å². The second-order valence-corrected chi connectivity index (χ2v) is 8.60. The van der Waals surface area contributed by atoms with Gasteiger partial charge in [-0.05, 0) is 73.9 Å². The molecule has 1 heterocycles. The van der Waals surface area contributed by atoms with E-state index < -0.39 is 11.3 Å². The Hall–Kier alpha value is -2.90. The lowest BCUT2D eigenvalue weighted by Gasteiger charge is -2.17. The number of para-hydroxylation sites is 1. The molecule has 0 aliphatic heterocycles. The summed E-state index contributed by atoms with van der Waals surface area (Å²) in [6, 6.07) is 15.4. The van der Waals surface area contributed by atoms with Gasteiger partial charge in [0.2, 0.25) is 0 Å². The number of ether oxygens (including phenoxy) is 2. The van der Waals surface area contributed by atoms with Gasteiger partial charge in [-0.2, -0.15) is 0 Å². The van der Waals surface area contributed by atoms with Crippen LogP contribution in [0.5, 0.6) is 11.5 Å². The van der Waals surface area contributed by atoms with Gasteiger partial charge in [0.25, 0.3) is 0 Å². The van der Waals surface area contributed by atoms with Gasteiger partial charge >= 0.3 is 0 Å². The maximum atomic E-state index is 11.2. The van der Waals surface area contributed by atoms with Gasteiger partial charge in [-0.15, -0.1) is 0 Å². The predicted octanol–water partition coefficient (Wildman–Crippen LogP) is 5.07. The van der Waals surface area contributed by atoms with Crippen LogP contribution in [0.4, 0.5) is 5.69 Å². The Kier molecular flexibility index (Phi) is 7.39. The second kappa shape index (κ2) is 10.6. The smallest absolute Gasteiger partial charge is 0.161 e. The van der Waals surface area contributed by atoms with Crippen molar-refractivity contribution in [3.8, 4) is 22.6 Å². The summed E-state index contributed by atoms with van der Waals surface area (Å²) in [6.45, 7) is 0. The molecule has 1 atom stereocenters. The number of nitrogens with zero attached hydrogens (tertiary/aromatic N) is 1. The van der Waals surface area contributed by atoms with Crippen molar-refractivity contribution in [3.05, 3.63) is 72.1 Å². The fraction of sp³-hybridized carbons (Fsp3) is 0.320. The maximum Gasteiger partial charge on any atom is 0.161 e. The van der Waals surface area contributed by atoms with Crippen LogP contribution in [0.1, 0.15) is 36.8 Å². The molecule has 4 rings (SSSR count). The van der Waals surface area contributed by atoms with E-state index in [9.17, 15) is 8.76 Å². The molecule has 0 saturated heterocycles. The third-order valence-corrected chi connectivity index (χ3v) is 6.22. The molecule has 1 saturated carbocycles. The Morgan fingerprint density at radius 3 is 2.66 bits per heavy atom. The van der Waals surface area contributed by atoms with E-state index in [1.54, 1.807) is 31.6 Å². The predicted molar refractivity (Wildman–Crippen MR) is 126 cm³/mol. The summed E-state index contributed by atoms with van der Waals surface area (Å²) in [7, 11) is 1.67. The van der Waals surface area contributed by atoms with Crippen molar-refractivity contribution in [3.63, 3.8) is 0 Å². The Labute approximate surface area is 191 Å². The normalized spacial score (nSPS) is 14.8. The number of nitrogens with one attached hydrogen (secondary N) is 1. The molecule has 2 aromatic carbocycles. The van der Waals surface area contributed by atoms with Crippen LogP contribution < -0.4 is 14.2 Å². The number of methoxy groups -OCH3 is 1. The number of hydrogen-bond acceptors (Lipinski definition) is 5. The first kappa shape index (κ1) is 22.3. The molecule has 3 aromatic rings. The summed E-state index contributed by atoms with van der Waals surface area (Å²) in [5.41, 5.74) is 4.51. The fourth-order valence-corrected chi connectivity index (χ4v) is 4.57. The van der Waals surface area contributed by atoms with Crippen LogP contribution >= 0.6 is 0 Å². The van der Waals surface area contributed by atoms with Crippen molar-refractivity contribution in [2.45, 2.75) is 44.6 Å². The summed E-state index contributed by atoms with van der Waals surface area (Å²) >= 11 is -2.40. The number of benzene rings is 2. The average molecular weight is 452 g/mol. The lowest BCUT2D eigenvalue weighted by atomic mass is 9.96. The van der Waals surface area contributed by atoms with Crippen LogP contribution in [0, 0.1) is 0 Å². The molecular formula is C25H27N2O4S-. The molecule has 1 aliphatic carbocycles. The van der Waals surface area contributed by atoms with E-state index in [0.717, 1.165) is 59.4 Å². The molecule has 1 aliphatic rings. The number of rotatable bonds is 9. The monoisotopic (exact) mass is 451 g/mol. The van der Waals surface area contributed by atoms with Crippen LogP contribution in [0.3, 0.4) is 0 Å². The Morgan fingerprint density at radius 2 is 1.88 bits per heavy atom. The lowest BCUT2D eigenvalue weighted by molar-refractivity contribution is 0.200. The summed E-state index contributed by atoms with van der Waals surface area (Å²) in [5, 5.41) is 0. The molecule has 168 valence electrons. The van der Waals surface area contributed by atoms with Crippen LogP contribution in [0.25, 0.3) is 11.1 Å². The molecule has 1 aromatic heterocycles. The first-order valence-electron chi connectivity index (χ1n) is 10.9. The minimum absolute atomic E-state index is 0.265. The Bertz CT molecular complexity index is 1080. The van der Waals surface area contributed by atoms with Gasteiger partial charge in [-0.1, -0.05) is 24.3 Å². The summed E-state index contributed by atoms with van der Waals surface area (Å²) in [4.78, 5) is 4.27. The zero-order valence-corrected chi connectivity index (χ0v) is 18.9. The molecule has 7 heteroatoms. The van der Waals surface area contributed by atoms with Gasteiger partial charge in [-0.3, -0.25) is 9.19 Å². The van der Waals surface area contributed by atoms with E-state index in [4.69, 9.17) is 9.47 Å². The van der Waals surface area contributed by atoms with Crippen molar-refractivity contribution in [2.75, 3.05) is 11.8 Å². The average Bonchev–Trinajstić information content (AvgIpc) is 3.31. The van der Waals surface area contributed by atoms with Gasteiger partial charge in [0.05, 0.1) is 18.9 Å². The number of aromatic nitrogens is 1. The van der Waals surface area contributed by atoms with Crippen molar-refractivity contribution in [2.24, 2.45) is 0 Å². The molecule has 1 fully saturated rings. The zero-order valence-electron chi connectivity index (χ0n) is 18.1. The van der Waals surface area contributed by atoms with Gasteiger partial charge in [-0.25, -0.2) is 0 Å². The minimum atomic E-state index is -2.40. The quantitative estimate of drug-likeness (QED) is 0.459. The highest BCUT2D eigenvalue weighted by Crippen LogP contribution is 2.34. The second-order valence-electron chi connectivity index (χ2n) is 7.92. The standard InChI is InChI=1S/C25H28N2O4S/c1-30-24-13-11-18(16-25(24)31-20-6-2-3-7-20)10-12-19-14-15-26-17-22(19)21-8-4-5-9-23(21)27-32(28)29/h4-5,8-9,11,13-17,20,27H,2-3,6-7,10,12H2,1H3,(H,28,29)/p-1. The van der Waals surface area contributed by atoms with Crippen molar-refractivity contribution in [1.82, 2.24) is 4.98 Å². The summed E-state index contributed by atoms with van der Waals surface area (Å²) in [5.74, 6) is 1.56. The molecule has 32 heavy (non-hydrogen) atoms. The van der Waals surface area contributed by atoms with E-state index in [1.807, 2.05) is 24.3 Å². The maximum absolute atomic E-state index is 11.2.